The topological polar surface area (TPSA) is 84.5 Å². The predicted octanol–water partition coefficient (Wildman–Crippen LogP) is 3.40. The molecule has 0 saturated carbocycles. The van der Waals surface area contributed by atoms with Gasteiger partial charge < -0.3 is 10.1 Å². The Labute approximate surface area is 161 Å². The van der Waals surface area contributed by atoms with Gasteiger partial charge >= 0.3 is 0 Å². The Balaban J connectivity index is 2.00. The molecule has 0 aliphatic carbocycles. The van der Waals surface area contributed by atoms with Crippen LogP contribution in [0.2, 0.25) is 0 Å². The average Bonchev–Trinajstić information content (AvgIpc) is 2.63. The number of benzene rings is 2. The van der Waals surface area contributed by atoms with E-state index in [9.17, 15) is 13.2 Å². The molecule has 0 radical (unpaired) electrons. The van der Waals surface area contributed by atoms with Crippen LogP contribution in [0.5, 0.6) is 5.75 Å². The van der Waals surface area contributed by atoms with Crippen molar-refractivity contribution in [3.63, 3.8) is 0 Å². The molecular weight excluding hydrogens is 364 g/mol. The molecule has 0 heterocycles. The molecule has 0 aliphatic heterocycles. The van der Waals surface area contributed by atoms with Crippen LogP contribution in [0.25, 0.3) is 0 Å². The number of carbonyl (C=O) groups is 1. The summed E-state index contributed by atoms with van der Waals surface area (Å²) in [6.45, 7) is 7.68. The summed E-state index contributed by atoms with van der Waals surface area (Å²) in [4.78, 5) is 11.8. The number of anilines is 1. The van der Waals surface area contributed by atoms with Crippen LogP contribution in [0.4, 0.5) is 5.69 Å². The summed E-state index contributed by atoms with van der Waals surface area (Å²) >= 11 is 0. The van der Waals surface area contributed by atoms with Crippen LogP contribution < -0.4 is 14.8 Å². The molecule has 1 atom stereocenters. The van der Waals surface area contributed by atoms with Crippen molar-refractivity contribution in [1.29, 1.82) is 0 Å². The molecule has 0 fully saturated rings. The highest BCUT2D eigenvalue weighted by molar-refractivity contribution is 7.92. The van der Waals surface area contributed by atoms with Crippen LogP contribution in [0.3, 0.4) is 0 Å². The number of carbonyl (C=O) groups excluding carboxylic acids is 1. The zero-order valence-electron chi connectivity index (χ0n) is 16.1. The molecule has 6 nitrogen and oxygen atoms in total. The van der Waals surface area contributed by atoms with Gasteiger partial charge in [-0.15, -0.1) is 0 Å². The van der Waals surface area contributed by atoms with Crippen LogP contribution in [0, 0.1) is 13.8 Å². The van der Waals surface area contributed by atoms with E-state index < -0.39 is 10.0 Å². The number of sulfonamides is 1. The molecule has 2 aromatic carbocycles. The first kappa shape index (κ1) is 20.8. The molecule has 2 aromatic rings. The molecule has 2 N–H and O–H groups in total. The van der Waals surface area contributed by atoms with Crippen molar-refractivity contribution in [3.05, 3.63) is 53.6 Å². The molecule has 1 unspecified atom stereocenters. The zero-order valence-corrected chi connectivity index (χ0v) is 16.9. The Bertz CT molecular complexity index is 893. The van der Waals surface area contributed by atoms with Gasteiger partial charge in [-0.3, -0.25) is 9.52 Å². The second-order valence-electron chi connectivity index (χ2n) is 6.54. The van der Waals surface area contributed by atoms with Gasteiger partial charge in [0.15, 0.2) is 6.61 Å². The van der Waals surface area contributed by atoms with Crippen molar-refractivity contribution in [2.75, 3.05) is 11.3 Å². The van der Waals surface area contributed by atoms with E-state index in [4.69, 9.17) is 4.74 Å². The van der Waals surface area contributed by atoms with E-state index in [-0.39, 0.29) is 23.5 Å². The van der Waals surface area contributed by atoms with Gasteiger partial charge in [-0.05, 0) is 74.7 Å². The predicted molar refractivity (Wildman–Crippen MR) is 107 cm³/mol. The van der Waals surface area contributed by atoms with Crippen molar-refractivity contribution < 1.29 is 17.9 Å². The average molecular weight is 391 g/mol. The zero-order chi connectivity index (χ0) is 20.0. The SMILES string of the molecule is CCC(C)NC(=O)COc1ccc(S(=O)(=O)Nc2ccc(C)c(C)c2)cc1. The highest BCUT2D eigenvalue weighted by atomic mass is 32.2. The van der Waals surface area contributed by atoms with Crippen LogP contribution in [0.1, 0.15) is 31.4 Å². The Hall–Kier alpha value is -2.54. The molecular formula is C20H26N2O4S. The minimum atomic E-state index is -3.70. The molecule has 27 heavy (non-hydrogen) atoms. The fourth-order valence-corrected chi connectivity index (χ4v) is 3.35. The first-order chi connectivity index (χ1) is 12.7. The normalized spacial score (nSPS) is 12.3. The lowest BCUT2D eigenvalue weighted by molar-refractivity contribution is -0.123. The maximum Gasteiger partial charge on any atom is 0.261 e. The number of aryl methyl sites for hydroxylation is 2. The standard InChI is InChI=1S/C20H26N2O4S/c1-5-16(4)21-20(23)13-26-18-8-10-19(11-9-18)27(24,25)22-17-7-6-14(2)15(3)12-17/h6-12,16,22H,5,13H2,1-4H3,(H,21,23). The van der Waals surface area contributed by atoms with E-state index in [1.54, 1.807) is 12.1 Å². The van der Waals surface area contributed by atoms with Gasteiger partial charge in [0.2, 0.25) is 0 Å². The Kier molecular flexibility index (Phi) is 6.85. The number of hydrogen-bond donors (Lipinski definition) is 2. The molecule has 2 rings (SSSR count). The maximum absolute atomic E-state index is 12.5. The summed E-state index contributed by atoms with van der Waals surface area (Å²) in [5.41, 5.74) is 2.62. The second kappa shape index (κ2) is 8.90. The van der Waals surface area contributed by atoms with Crippen LogP contribution in [0.15, 0.2) is 47.4 Å². The van der Waals surface area contributed by atoms with Crippen LogP contribution >= 0.6 is 0 Å². The lowest BCUT2D eigenvalue weighted by Crippen LogP contribution is -2.35. The van der Waals surface area contributed by atoms with Crippen molar-refractivity contribution in [1.82, 2.24) is 5.32 Å². The van der Waals surface area contributed by atoms with E-state index in [0.29, 0.717) is 11.4 Å². The molecule has 146 valence electrons. The van der Waals surface area contributed by atoms with Gasteiger partial charge in [-0.1, -0.05) is 13.0 Å². The van der Waals surface area contributed by atoms with Crippen LogP contribution in [-0.4, -0.2) is 27.0 Å². The minimum absolute atomic E-state index is 0.0881. The summed E-state index contributed by atoms with van der Waals surface area (Å²) in [6.07, 6.45) is 0.839. The number of rotatable bonds is 8. The van der Waals surface area contributed by atoms with Crippen molar-refractivity contribution in [3.8, 4) is 5.75 Å². The number of nitrogens with one attached hydrogen (secondary N) is 2. The first-order valence-corrected chi connectivity index (χ1v) is 10.3. The van der Waals surface area contributed by atoms with Crippen LogP contribution in [-0.2, 0) is 14.8 Å². The molecule has 0 aromatic heterocycles. The summed E-state index contributed by atoms with van der Waals surface area (Å²) in [6, 6.07) is 11.4. The third-order valence-corrected chi connectivity index (χ3v) is 5.68. The molecule has 1 amide bonds. The summed E-state index contributed by atoms with van der Waals surface area (Å²) in [7, 11) is -3.70. The van der Waals surface area contributed by atoms with E-state index >= 15 is 0 Å². The van der Waals surface area contributed by atoms with Gasteiger partial charge in [0.1, 0.15) is 5.75 Å². The van der Waals surface area contributed by atoms with Crippen molar-refractivity contribution in [2.24, 2.45) is 0 Å². The Morgan fingerprint density at radius 2 is 1.74 bits per heavy atom. The third-order valence-electron chi connectivity index (χ3n) is 4.28. The Morgan fingerprint density at radius 1 is 1.07 bits per heavy atom. The van der Waals surface area contributed by atoms with Gasteiger partial charge in [0.05, 0.1) is 4.90 Å². The Morgan fingerprint density at radius 3 is 2.33 bits per heavy atom. The monoisotopic (exact) mass is 390 g/mol. The van der Waals surface area contributed by atoms with Gasteiger partial charge in [-0.2, -0.15) is 0 Å². The van der Waals surface area contributed by atoms with Gasteiger partial charge in [0, 0.05) is 11.7 Å². The van der Waals surface area contributed by atoms with Gasteiger partial charge in [-0.25, -0.2) is 8.42 Å². The lowest BCUT2D eigenvalue weighted by atomic mass is 10.1. The highest BCUT2D eigenvalue weighted by Gasteiger charge is 2.15. The van der Waals surface area contributed by atoms with Gasteiger partial charge in [0.25, 0.3) is 15.9 Å². The fourth-order valence-electron chi connectivity index (χ4n) is 2.30. The number of amides is 1. The number of ether oxygens (including phenoxy) is 1. The van der Waals surface area contributed by atoms with Crippen molar-refractivity contribution >= 4 is 21.6 Å². The van der Waals surface area contributed by atoms with Crippen molar-refractivity contribution in [2.45, 2.75) is 45.1 Å². The summed E-state index contributed by atoms with van der Waals surface area (Å²) in [5.74, 6) is 0.219. The number of hydrogen-bond acceptors (Lipinski definition) is 4. The molecule has 0 aliphatic rings. The van der Waals surface area contributed by atoms with E-state index in [0.717, 1.165) is 17.5 Å². The first-order valence-electron chi connectivity index (χ1n) is 8.83. The largest absolute Gasteiger partial charge is 0.484 e. The minimum Gasteiger partial charge on any atom is -0.484 e. The van der Waals surface area contributed by atoms with E-state index in [1.807, 2.05) is 33.8 Å². The molecule has 0 bridgehead atoms. The van der Waals surface area contributed by atoms with E-state index in [1.165, 1.54) is 24.3 Å². The van der Waals surface area contributed by atoms with E-state index in [2.05, 4.69) is 10.0 Å². The molecule has 7 heteroatoms. The lowest BCUT2D eigenvalue weighted by Gasteiger charge is -2.13. The quantitative estimate of drug-likeness (QED) is 0.723. The fraction of sp³-hybridized carbons (Fsp3) is 0.350. The molecule has 0 saturated heterocycles. The second-order valence-corrected chi connectivity index (χ2v) is 8.22. The summed E-state index contributed by atoms with van der Waals surface area (Å²) < 4.78 is 33.0. The maximum atomic E-state index is 12.5. The molecule has 0 spiro atoms. The highest BCUT2D eigenvalue weighted by Crippen LogP contribution is 2.21. The summed E-state index contributed by atoms with van der Waals surface area (Å²) in [5, 5.41) is 2.80. The smallest absolute Gasteiger partial charge is 0.261 e. The third kappa shape index (κ3) is 5.99.